The van der Waals surface area contributed by atoms with Crippen LogP contribution >= 0.6 is 0 Å². The summed E-state index contributed by atoms with van der Waals surface area (Å²) in [6, 6.07) is 5.88. The smallest absolute Gasteiger partial charge is 0.225 e. The van der Waals surface area contributed by atoms with Crippen molar-refractivity contribution in [2.24, 2.45) is 11.8 Å². The van der Waals surface area contributed by atoms with Gasteiger partial charge in [-0.3, -0.25) is 4.79 Å². The summed E-state index contributed by atoms with van der Waals surface area (Å²) in [6.07, 6.45) is 5.46. The van der Waals surface area contributed by atoms with Crippen LogP contribution in [0, 0.1) is 11.8 Å². The number of amides is 1. The zero-order chi connectivity index (χ0) is 20.1. The fraction of sp³-hybridized carbons (Fsp3) is 0.545. The van der Waals surface area contributed by atoms with Crippen LogP contribution in [0.4, 0.5) is 0 Å². The third-order valence-electron chi connectivity index (χ3n) is 5.13. The molecule has 28 heavy (non-hydrogen) atoms. The second-order valence-electron chi connectivity index (χ2n) is 7.74. The molecule has 1 aliphatic rings. The Morgan fingerprint density at radius 2 is 1.96 bits per heavy atom. The van der Waals surface area contributed by atoms with E-state index in [-0.39, 0.29) is 23.8 Å². The first-order valence-corrected chi connectivity index (χ1v) is 10.2. The number of benzene rings is 1. The molecule has 0 saturated heterocycles. The molecule has 1 N–H and O–H groups in total. The summed E-state index contributed by atoms with van der Waals surface area (Å²) in [5.74, 6) is 2.68. The number of carbonyl (C=O) groups excluding carboxylic acids is 1. The average Bonchev–Trinajstić information content (AvgIpc) is 2.99. The Kier molecular flexibility index (Phi) is 6.60. The van der Waals surface area contributed by atoms with E-state index >= 15 is 0 Å². The van der Waals surface area contributed by atoms with Crippen molar-refractivity contribution in [2.75, 3.05) is 13.2 Å². The first kappa shape index (κ1) is 20.2. The molecule has 2 aromatic rings. The molecule has 0 aliphatic carbocycles. The van der Waals surface area contributed by atoms with Crippen LogP contribution in [0.3, 0.4) is 0 Å². The minimum Gasteiger partial charge on any atom is -0.490 e. The van der Waals surface area contributed by atoms with E-state index in [1.54, 1.807) is 6.20 Å². The maximum atomic E-state index is 12.9. The Balaban J connectivity index is 1.72. The van der Waals surface area contributed by atoms with Gasteiger partial charge in [0.15, 0.2) is 11.5 Å². The number of nitrogens with zero attached hydrogens (tertiary/aromatic N) is 2. The fourth-order valence-electron chi connectivity index (χ4n) is 3.50. The van der Waals surface area contributed by atoms with Crippen molar-refractivity contribution < 1.29 is 14.3 Å². The van der Waals surface area contributed by atoms with Crippen molar-refractivity contribution in [1.29, 1.82) is 0 Å². The monoisotopic (exact) mass is 385 g/mol. The largest absolute Gasteiger partial charge is 0.490 e. The molecule has 1 amide bonds. The Labute approximate surface area is 167 Å². The molecular weight excluding hydrogens is 354 g/mol. The van der Waals surface area contributed by atoms with Crippen LogP contribution in [0.5, 0.6) is 11.5 Å². The summed E-state index contributed by atoms with van der Waals surface area (Å²) in [5.41, 5.74) is 1.04. The number of nitrogens with one attached hydrogen (secondary N) is 1. The number of ether oxygens (including phenoxy) is 2. The van der Waals surface area contributed by atoms with E-state index in [1.807, 2.05) is 31.3 Å². The van der Waals surface area contributed by atoms with Crippen LogP contribution in [0.25, 0.3) is 0 Å². The molecule has 152 valence electrons. The minimum atomic E-state index is -0.152. The first-order chi connectivity index (χ1) is 13.5. The first-order valence-electron chi connectivity index (χ1n) is 10.2. The highest BCUT2D eigenvalue weighted by Crippen LogP contribution is 2.34. The van der Waals surface area contributed by atoms with Crippen molar-refractivity contribution in [3.05, 3.63) is 42.0 Å². The lowest BCUT2D eigenvalue weighted by atomic mass is 9.94. The molecule has 0 radical (unpaired) electrons. The summed E-state index contributed by atoms with van der Waals surface area (Å²) in [7, 11) is 0. The fourth-order valence-corrected chi connectivity index (χ4v) is 3.50. The van der Waals surface area contributed by atoms with Gasteiger partial charge in [0.1, 0.15) is 5.82 Å². The van der Waals surface area contributed by atoms with Gasteiger partial charge in [-0.1, -0.05) is 33.8 Å². The van der Waals surface area contributed by atoms with Gasteiger partial charge in [-0.25, -0.2) is 4.98 Å². The topological polar surface area (TPSA) is 65.4 Å². The van der Waals surface area contributed by atoms with E-state index in [2.05, 4.69) is 35.6 Å². The van der Waals surface area contributed by atoms with Gasteiger partial charge in [0, 0.05) is 31.8 Å². The lowest BCUT2D eigenvalue weighted by molar-refractivity contribution is -0.126. The number of aryl methyl sites for hydroxylation is 1. The lowest BCUT2D eigenvalue weighted by Crippen LogP contribution is -2.37. The van der Waals surface area contributed by atoms with Crippen LogP contribution < -0.4 is 14.8 Å². The molecule has 0 bridgehead atoms. The predicted octanol–water partition coefficient (Wildman–Crippen LogP) is 3.76. The van der Waals surface area contributed by atoms with Gasteiger partial charge in [-0.05, 0) is 23.6 Å². The van der Waals surface area contributed by atoms with E-state index < -0.39 is 0 Å². The van der Waals surface area contributed by atoms with Crippen LogP contribution in [0.2, 0.25) is 0 Å². The molecular formula is C22H31N3O3. The van der Waals surface area contributed by atoms with E-state index in [1.165, 1.54) is 0 Å². The lowest BCUT2D eigenvalue weighted by Gasteiger charge is -2.26. The molecule has 1 aromatic carbocycles. The van der Waals surface area contributed by atoms with E-state index in [0.29, 0.717) is 19.8 Å². The number of aromatic nitrogens is 2. The van der Waals surface area contributed by atoms with Gasteiger partial charge in [0.05, 0.1) is 25.2 Å². The number of hydrogen-bond donors (Lipinski definition) is 1. The van der Waals surface area contributed by atoms with Gasteiger partial charge in [-0.15, -0.1) is 0 Å². The molecule has 0 saturated carbocycles. The van der Waals surface area contributed by atoms with Crippen molar-refractivity contribution in [1.82, 2.24) is 14.9 Å². The zero-order valence-corrected chi connectivity index (χ0v) is 17.3. The Bertz CT molecular complexity index is 800. The Morgan fingerprint density at radius 3 is 2.68 bits per heavy atom. The van der Waals surface area contributed by atoms with Crippen molar-refractivity contribution in [3.63, 3.8) is 0 Å². The van der Waals surface area contributed by atoms with Crippen molar-refractivity contribution in [2.45, 2.75) is 53.1 Å². The molecule has 2 atom stereocenters. The maximum Gasteiger partial charge on any atom is 0.225 e. The quantitative estimate of drug-likeness (QED) is 0.788. The highest BCUT2D eigenvalue weighted by atomic mass is 16.5. The number of carbonyl (C=O) groups is 1. The van der Waals surface area contributed by atoms with Crippen molar-refractivity contribution >= 4 is 5.91 Å². The second-order valence-corrected chi connectivity index (χ2v) is 7.74. The molecule has 0 spiro atoms. The second kappa shape index (κ2) is 9.13. The Hall–Kier alpha value is -2.50. The maximum absolute atomic E-state index is 12.9. The molecule has 0 fully saturated rings. The van der Waals surface area contributed by atoms with Crippen LogP contribution in [0.1, 0.15) is 51.5 Å². The van der Waals surface area contributed by atoms with Gasteiger partial charge < -0.3 is 19.4 Å². The molecule has 1 aliphatic heterocycles. The van der Waals surface area contributed by atoms with Gasteiger partial charge in [0.25, 0.3) is 0 Å². The van der Waals surface area contributed by atoms with Crippen LogP contribution in [0.15, 0.2) is 30.6 Å². The summed E-state index contributed by atoms with van der Waals surface area (Å²) < 4.78 is 13.6. The van der Waals surface area contributed by atoms with E-state index in [0.717, 1.165) is 35.7 Å². The summed E-state index contributed by atoms with van der Waals surface area (Å²) in [4.78, 5) is 17.2. The average molecular weight is 386 g/mol. The van der Waals surface area contributed by atoms with Gasteiger partial charge in [0.2, 0.25) is 5.91 Å². The molecule has 3 rings (SSSR count). The molecule has 6 heteroatoms. The highest BCUT2D eigenvalue weighted by Gasteiger charge is 2.24. The molecule has 6 nitrogen and oxygen atoms in total. The Morgan fingerprint density at radius 1 is 1.21 bits per heavy atom. The highest BCUT2D eigenvalue weighted by molar-refractivity contribution is 5.78. The normalized spacial score (nSPS) is 15.8. The standard InChI is InChI=1S/C22H31N3O3/c1-5-20-23-9-10-25(20)14-16(4)22(26)24-21(15(2)3)17-7-8-18-19(13-17)28-12-6-11-27-18/h7-10,13,15-16,21H,5-6,11-12,14H2,1-4H3,(H,24,26)/t16-,21-/m1/s1. The SMILES string of the molecule is CCc1nccn1C[C@@H](C)C(=O)N[C@@H](c1ccc2c(c1)OCCCO2)C(C)C. The number of rotatable bonds is 7. The van der Waals surface area contributed by atoms with E-state index in [9.17, 15) is 4.79 Å². The summed E-state index contributed by atoms with van der Waals surface area (Å²) in [5, 5.41) is 3.24. The van der Waals surface area contributed by atoms with Crippen molar-refractivity contribution in [3.8, 4) is 11.5 Å². The third-order valence-corrected chi connectivity index (χ3v) is 5.13. The number of imidazole rings is 1. The predicted molar refractivity (Wildman–Crippen MR) is 109 cm³/mol. The van der Waals surface area contributed by atoms with E-state index in [4.69, 9.17) is 9.47 Å². The molecule has 0 unspecified atom stereocenters. The number of fused-ring (bicyclic) bond motifs is 1. The summed E-state index contributed by atoms with van der Waals surface area (Å²) in [6.45, 7) is 10.2. The van der Waals surface area contributed by atoms with Gasteiger partial charge in [-0.2, -0.15) is 0 Å². The van der Waals surface area contributed by atoms with Gasteiger partial charge >= 0.3 is 0 Å². The summed E-state index contributed by atoms with van der Waals surface area (Å²) >= 11 is 0. The number of hydrogen-bond acceptors (Lipinski definition) is 4. The third kappa shape index (κ3) is 4.66. The molecule has 1 aromatic heterocycles. The van der Waals surface area contributed by atoms with Crippen LogP contribution in [-0.2, 0) is 17.8 Å². The van der Waals surface area contributed by atoms with Crippen LogP contribution in [-0.4, -0.2) is 28.7 Å². The minimum absolute atomic E-state index is 0.0431. The molecule has 2 heterocycles. The zero-order valence-electron chi connectivity index (χ0n) is 17.3.